The molecule has 0 spiro atoms. The van der Waals surface area contributed by atoms with Gasteiger partial charge < -0.3 is 15.4 Å². The Hall–Kier alpha value is -1.78. The average molecular weight is 517 g/mol. The monoisotopic (exact) mass is 516 g/mol. The summed E-state index contributed by atoms with van der Waals surface area (Å²) in [6, 6.07) is 10.3. The molecule has 1 aliphatic rings. The minimum atomic E-state index is -3.97. The zero-order chi connectivity index (χ0) is 23.8. The van der Waals surface area contributed by atoms with Crippen molar-refractivity contribution < 1.29 is 22.7 Å². The Bertz CT molecular complexity index is 1090. The van der Waals surface area contributed by atoms with Crippen molar-refractivity contribution in [2.75, 3.05) is 13.7 Å². The fraction of sp³-hybridized carbons (Fsp3) is 0.391. The van der Waals surface area contributed by atoms with Crippen molar-refractivity contribution in [1.29, 1.82) is 0 Å². The van der Waals surface area contributed by atoms with Crippen LogP contribution in [-0.2, 0) is 16.4 Å². The van der Waals surface area contributed by atoms with Crippen LogP contribution >= 0.6 is 11.6 Å². The Kier molecular flexibility index (Phi) is 11.2. The number of amides is 3. The molecule has 3 amide bonds. The molecule has 8 nitrogen and oxygen atoms in total. The van der Waals surface area contributed by atoms with Gasteiger partial charge in [0, 0.05) is 47.2 Å². The number of methoxy groups -OCH3 is 1. The number of carbonyl (C=O) groups excluding carboxylic acids is 2. The molecule has 0 aromatic heterocycles. The van der Waals surface area contributed by atoms with Gasteiger partial charge >= 0.3 is 6.03 Å². The SMILES string of the molecule is COc1ccc(Cl)cc1C(=O)NCCc1ccc(S(=O)(=O)NC(=O)NC2CCCCC2)cc1.[Na]. The van der Waals surface area contributed by atoms with Crippen LogP contribution in [-0.4, -0.2) is 69.6 Å². The standard InChI is InChI=1S/C23H28ClN3O5S.Na/c1-32-21-12-9-17(24)15-20(21)22(28)25-14-13-16-7-10-19(11-8-16)33(30,31)27-23(29)26-18-5-3-2-4-6-18;/h7-12,15,18H,2-6,13-14H2,1H3,(H,25,28)(H2,26,27,29);. The minimum absolute atomic E-state index is 0. The first kappa shape index (κ1) is 28.5. The van der Waals surface area contributed by atoms with Gasteiger partial charge in [0.1, 0.15) is 5.75 Å². The topological polar surface area (TPSA) is 114 Å². The molecule has 11 heteroatoms. The van der Waals surface area contributed by atoms with E-state index in [4.69, 9.17) is 16.3 Å². The van der Waals surface area contributed by atoms with Crippen LogP contribution in [0.5, 0.6) is 5.75 Å². The van der Waals surface area contributed by atoms with Crippen LogP contribution in [0.4, 0.5) is 4.79 Å². The van der Waals surface area contributed by atoms with Crippen molar-refractivity contribution in [3.63, 3.8) is 0 Å². The smallest absolute Gasteiger partial charge is 0.328 e. The largest absolute Gasteiger partial charge is 0.496 e. The van der Waals surface area contributed by atoms with E-state index in [1.54, 1.807) is 24.3 Å². The summed E-state index contributed by atoms with van der Waals surface area (Å²) in [5.41, 5.74) is 1.17. The van der Waals surface area contributed by atoms with E-state index < -0.39 is 16.1 Å². The second-order valence-electron chi connectivity index (χ2n) is 7.91. The van der Waals surface area contributed by atoms with Crippen molar-refractivity contribution >= 4 is 63.1 Å². The summed E-state index contributed by atoms with van der Waals surface area (Å²) in [7, 11) is -2.49. The van der Waals surface area contributed by atoms with E-state index in [0.29, 0.717) is 29.3 Å². The number of rotatable bonds is 8. The first-order valence-corrected chi connectivity index (χ1v) is 12.7. The Morgan fingerprint density at radius 1 is 1.06 bits per heavy atom. The molecule has 1 radical (unpaired) electrons. The minimum Gasteiger partial charge on any atom is -0.496 e. The molecule has 0 aliphatic heterocycles. The third-order valence-electron chi connectivity index (χ3n) is 5.51. The molecule has 0 unspecified atom stereocenters. The normalized spacial score (nSPS) is 13.9. The number of carbonyl (C=O) groups is 2. The van der Waals surface area contributed by atoms with Gasteiger partial charge in [-0.05, 0) is 55.2 Å². The molecule has 2 aromatic carbocycles. The molecule has 3 rings (SSSR count). The van der Waals surface area contributed by atoms with Crippen LogP contribution in [0.25, 0.3) is 0 Å². The van der Waals surface area contributed by atoms with E-state index in [-0.39, 0.29) is 46.4 Å². The fourth-order valence-electron chi connectivity index (χ4n) is 3.75. The molecule has 1 saturated carbocycles. The number of benzene rings is 2. The summed E-state index contributed by atoms with van der Waals surface area (Å²) in [5.74, 6) is 0.105. The number of urea groups is 1. The van der Waals surface area contributed by atoms with Crippen LogP contribution in [0.1, 0.15) is 48.0 Å². The van der Waals surface area contributed by atoms with Crippen LogP contribution < -0.4 is 20.1 Å². The summed E-state index contributed by atoms with van der Waals surface area (Å²) < 4.78 is 32.2. The van der Waals surface area contributed by atoms with Gasteiger partial charge in [-0.1, -0.05) is 43.0 Å². The maximum atomic E-state index is 12.5. The number of halogens is 1. The van der Waals surface area contributed by atoms with Crippen LogP contribution in [0.2, 0.25) is 5.02 Å². The van der Waals surface area contributed by atoms with E-state index in [2.05, 4.69) is 15.4 Å². The average Bonchev–Trinajstić information content (AvgIpc) is 2.79. The first-order valence-electron chi connectivity index (χ1n) is 10.8. The molecule has 1 fully saturated rings. The van der Waals surface area contributed by atoms with Crippen molar-refractivity contribution in [3.05, 3.63) is 58.6 Å². The number of sulfonamides is 1. The fourth-order valence-corrected chi connectivity index (χ4v) is 4.84. The molecule has 2 aromatic rings. The molecule has 3 N–H and O–H groups in total. The Labute approximate surface area is 227 Å². The Morgan fingerprint density at radius 2 is 1.74 bits per heavy atom. The van der Waals surface area contributed by atoms with Crippen molar-refractivity contribution in [2.45, 2.75) is 49.5 Å². The van der Waals surface area contributed by atoms with E-state index >= 15 is 0 Å². The molecule has 34 heavy (non-hydrogen) atoms. The quantitative estimate of drug-likeness (QED) is 0.466. The van der Waals surface area contributed by atoms with E-state index in [1.165, 1.54) is 25.3 Å². The number of ether oxygens (including phenoxy) is 1. The Morgan fingerprint density at radius 3 is 2.38 bits per heavy atom. The molecule has 1 aliphatic carbocycles. The molecule has 0 bridgehead atoms. The van der Waals surface area contributed by atoms with Crippen LogP contribution in [0.15, 0.2) is 47.4 Å². The maximum Gasteiger partial charge on any atom is 0.328 e. The van der Waals surface area contributed by atoms with Crippen LogP contribution in [0, 0.1) is 0 Å². The van der Waals surface area contributed by atoms with Crippen molar-refractivity contribution in [2.24, 2.45) is 0 Å². The molecule has 0 saturated heterocycles. The summed E-state index contributed by atoms with van der Waals surface area (Å²) in [6.07, 6.45) is 5.43. The molecular weight excluding hydrogens is 489 g/mol. The third kappa shape index (κ3) is 8.16. The molecule has 0 heterocycles. The summed E-state index contributed by atoms with van der Waals surface area (Å²) in [6.45, 7) is 0.336. The van der Waals surface area contributed by atoms with Gasteiger partial charge in [0.05, 0.1) is 17.6 Å². The second kappa shape index (κ2) is 13.3. The van der Waals surface area contributed by atoms with Gasteiger partial charge in [-0.2, -0.15) is 0 Å². The van der Waals surface area contributed by atoms with Gasteiger partial charge in [-0.15, -0.1) is 0 Å². The second-order valence-corrected chi connectivity index (χ2v) is 10.0. The first-order chi connectivity index (χ1) is 15.8. The predicted molar refractivity (Wildman–Crippen MR) is 132 cm³/mol. The van der Waals surface area contributed by atoms with E-state index in [1.807, 2.05) is 0 Å². The summed E-state index contributed by atoms with van der Waals surface area (Å²) in [5, 5.41) is 5.96. The predicted octanol–water partition coefficient (Wildman–Crippen LogP) is 3.26. The van der Waals surface area contributed by atoms with Gasteiger partial charge in [-0.25, -0.2) is 17.9 Å². The maximum absolute atomic E-state index is 12.5. The zero-order valence-electron chi connectivity index (χ0n) is 19.4. The van der Waals surface area contributed by atoms with Gasteiger partial charge in [0.2, 0.25) is 0 Å². The van der Waals surface area contributed by atoms with E-state index in [9.17, 15) is 18.0 Å². The molecule has 0 atom stereocenters. The Balaban J connectivity index is 0.00000408. The summed E-state index contributed by atoms with van der Waals surface area (Å²) in [4.78, 5) is 24.5. The van der Waals surface area contributed by atoms with Gasteiger partial charge in [-0.3, -0.25) is 4.79 Å². The zero-order valence-corrected chi connectivity index (χ0v) is 23.0. The van der Waals surface area contributed by atoms with E-state index in [0.717, 1.165) is 37.7 Å². The summed E-state index contributed by atoms with van der Waals surface area (Å²) >= 11 is 5.96. The van der Waals surface area contributed by atoms with Gasteiger partial charge in [0.25, 0.3) is 15.9 Å². The third-order valence-corrected chi connectivity index (χ3v) is 7.09. The number of hydrogen-bond acceptors (Lipinski definition) is 5. The van der Waals surface area contributed by atoms with Crippen molar-refractivity contribution in [1.82, 2.24) is 15.4 Å². The van der Waals surface area contributed by atoms with Crippen LogP contribution in [0.3, 0.4) is 0 Å². The molecule has 179 valence electrons. The molecular formula is C23H28ClN3NaO5S. The number of nitrogens with one attached hydrogen (secondary N) is 3. The van der Waals surface area contributed by atoms with Crippen molar-refractivity contribution in [3.8, 4) is 5.75 Å². The number of hydrogen-bond donors (Lipinski definition) is 3. The van der Waals surface area contributed by atoms with Gasteiger partial charge in [0.15, 0.2) is 0 Å².